The van der Waals surface area contributed by atoms with Crippen molar-refractivity contribution in [3.05, 3.63) is 78.0 Å². The number of alkyl halides is 3. The minimum absolute atomic E-state index is 0.120. The van der Waals surface area contributed by atoms with Crippen LogP contribution in [0.4, 0.5) is 18.0 Å². The van der Waals surface area contributed by atoms with Crippen LogP contribution in [0.15, 0.2) is 70.4 Å². The Hall–Kier alpha value is -4.33. The van der Waals surface area contributed by atoms with E-state index in [1.807, 2.05) is 6.07 Å². The van der Waals surface area contributed by atoms with Crippen LogP contribution in [-0.4, -0.2) is 74.3 Å². The van der Waals surface area contributed by atoms with Crippen LogP contribution >= 0.6 is 11.8 Å². The number of thioether (sulfide) groups is 1. The molecule has 5 rings (SSSR count). The zero-order valence-electron chi connectivity index (χ0n) is 21.9. The Morgan fingerprint density at radius 2 is 1.73 bits per heavy atom. The maximum atomic E-state index is 13.5. The number of piperazine rings is 1. The highest BCUT2D eigenvalue weighted by molar-refractivity contribution is 7.98. The number of carbonyl (C=O) groups excluding carboxylic acids is 2. The SMILES string of the molecule is CCOC(=O)N1CCN(C(=O)c2coc(CSc3nnc(-c4ccccc4)n3-c3cccc(C(F)(F)F)c3)n2)CC1. The molecule has 0 aliphatic carbocycles. The van der Waals surface area contributed by atoms with Crippen molar-refractivity contribution in [2.24, 2.45) is 0 Å². The van der Waals surface area contributed by atoms with Crippen LogP contribution in [0.25, 0.3) is 17.1 Å². The van der Waals surface area contributed by atoms with E-state index in [-0.39, 0.29) is 35.5 Å². The fourth-order valence-electron chi connectivity index (χ4n) is 4.26. The first kappa shape index (κ1) is 28.2. The number of benzene rings is 2. The van der Waals surface area contributed by atoms with Crippen molar-refractivity contribution in [2.75, 3.05) is 32.8 Å². The van der Waals surface area contributed by atoms with Crippen molar-refractivity contribution in [3.63, 3.8) is 0 Å². The Morgan fingerprint density at radius 3 is 2.44 bits per heavy atom. The molecule has 1 fully saturated rings. The summed E-state index contributed by atoms with van der Waals surface area (Å²) in [6, 6.07) is 14.0. The number of ether oxygens (including phenoxy) is 1. The lowest BCUT2D eigenvalue weighted by Gasteiger charge is -2.33. The van der Waals surface area contributed by atoms with Gasteiger partial charge in [-0.25, -0.2) is 9.78 Å². The molecule has 41 heavy (non-hydrogen) atoms. The number of hydrogen-bond donors (Lipinski definition) is 0. The fraction of sp³-hybridized carbons (Fsp3) is 0.296. The van der Waals surface area contributed by atoms with E-state index in [9.17, 15) is 22.8 Å². The number of rotatable bonds is 7. The molecule has 214 valence electrons. The zero-order chi connectivity index (χ0) is 29.0. The van der Waals surface area contributed by atoms with E-state index >= 15 is 0 Å². The largest absolute Gasteiger partial charge is 0.450 e. The summed E-state index contributed by atoms with van der Waals surface area (Å²) in [5, 5.41) is 8.81. The highest BCUT2D eigenvalue weighted by Gasteiger charge is 2.31. The van der Waals surface area contributed by atoms with Crippen molar-refractivity contribution >= 4 is 23.8 Å². The van der Waals surface area contributed by atoms with Gasteiger partial charge < -0.3 is 19.0 Å². The van der Waals surface area contributed by atoms with Gasteiger partial charge in [0.25, 0.3) is 5.91 Å². The molecule has 1 aliphatic rings. The number of oxazole rings is 1. The molecule has 0 spiro atoms. The highest BCUT2D eigenvalue weighted by Crippen LogP contribution is 2.34. The van der Waals surface area contributed by atoms with E-state index in [1.165, 1.54) is 12.3 Å². The number of hydrogen-bond acceptors (Lipinski definition) is 8. The Balaban J connectivity index is 1.32. The molecule has 2 aromatic carbocycles. The van der Waals surface area contributed by atoms with Crippen molar-refractivity contribution in [1.82, 2.24) is 29.5 Å². The van der Waals surface area contributed by atoms with Gasteiger partial charge in [-0.05, 0) is 25.1 Å². The molecule has 10 nitrogen and oxygen atoms in total. The van der Waals surface area contributed by atoms with Gasteiger partial charge in [0.1, 0.15) is 6.26 Å². The molecule has 0 atom stereocenters. The first-order valence-corrected chi connectivity index (χ1v) is 13.7. The van der Waals surface area contributed by atoms with E-state index in [0.717, 1.165) is 23.9 Å². The summed E-state index contributed by atoms with van der Waals surface area (Å²) >= 11 is 1.16. The van der Waals surface area contributed by atoms with Crippen LogP contribution in [0.3, 0.4) is 0 Å². The molecule has 1 saturated heterocycles. The standard InChI is InChI=1S/C27H25F3N6O4S/c1-2-39-26(38)35-13-11-34(12-14-35)24(37)21-16-40-22(31-21)17-41-25-33-32-23(18-7-4-3-5-8-18)36(25)20-10-6-9-19(15-20)27(28,29)30/h3-10,15-16H,2,11-14,17H2,1H3. The number of carbonyl (C=O) groups is 2. The fourth-order valence-corrected chi connectivity index (χ4v) is 5.07. The van der Waals surface area contributed by atoms with Crippen LogP contribution in [0, 0.1) is 0 Å². The van der Waals surface area contributed by atoms with E-state index in [0.29, 0.717) is 42.7 Å². The van der Waals surface area contributed by atoms with E-state index in [1.54, 1.807) is 51.6 Å². The van der Waals surface area contributed by atoms with Gasteiger partial charge in [0.05, 0.1) is 23.6 Å². The van der Waals surface area contributed by atoms with Gasteiger partial charge in [-0.1, -0.05) is 48.2 Å². The normalized spacial score (nSPS) is 13.9. The van der Waals surface area contributed by atoms with Crippen LogP contribution in [0.5, 0.6) is 0 Å². The molecule has 2 aromatic heterocycles. The summed E-state index contributed by atoms with van der Waals surface area (Å²) in [6.07, 6.45) is -3.66. The van der Waals surface area contributed by atoms with E-state index in [2.05, 4.69) is 15.2 Å². The third-order valence-electron chi connectivity index (χ3n) is 6.29. The molecule has 0 unspecified atom stereocenters. The van der Waals surface area contributed by atoms with Crippen LogP contribution in [0.1, 0.15) is 28.9 Å². The molecular formula is C27H25F3N6O4S. The molecule has 0 bridgehead atoms. The maximum Gasteiger partial charge on any atom is 0.416 e. The number of aromatic nitrogens is 4. The van der Waals surface area contributed by atoms with Gasteiger partial charge in [0.2, 0.25) is 5.89 Å². The summed E-state index contributed by atoms with van der Waals surface area (Å²) in [6.45, 7) is 3.37. The molecule has 14 heteroatoms. The van der Waals surface area contributed by atoms with Crippen LogP contribution < -0.4 is 0 Å². The third kappa shape index (κ3) is 6.37. The van der Waals surface area contributed by atoms with Gasteiger partial charge in [-0.2, -0.15) is 13.2 Å². The molecule has 0 radical (unpaired) electrons. The summed E-state index contributed by atoms with van der Waals surface area (Å²) in [5.41, 5.74) is 0.250. The number of amides is 2. The topological polar surface area (TPSA) is 107 Å². The summed E-state index contributed by atoms with van der Waals surface area (Å²) < 4.78 is 52.5. The Bertz CT molecular complexity index is 1520. The second kappa shape index (κ2) is 12.0. The van der Waals surface area contributed by atoms with Crippen molar-refractivity contribution in [2.45, 2.75) is 24.0 Å². The second-order valence-corrected chi connectivity index (χ2v) is 9.89. The first-order chi connectivity index (χ1) is 19.7. The Labute approximate surface area is 237 Å². The van der Waals surface area contributed by atoms with Gasteiger partial charge in [-0.3, -0.25) is 9.36 Å². The molecule has 2 amide bonds. The Morgan fingerprint density at radius 1 is 1.00 bits per heavy atom. The van der Waals surface area contributed by atoms with Gasteiger partial charge in [0.15, 0.2) is 16.7 Å². The molecule has 3 heterocycles. The monoisotopic (exact) mass is 586 g/mol. The Kier molecular flexibility index (Phi) is 8.28. The summed E-state index contributed by atoms with van der Waals surface area (Å²) in [7, 11) is 0. The lowest BCUT2D eigenvalue weighted by Crippen LogP contribution is -2.50. The maximum absolute atomic E-state index is 13.5. The summed E-state index contributed by atoms with van der Waals surface area (Å²) in [4.78, 5) is 32.3. The molecule has 0 saturated carbocycles. The van der Waals surface area contributed by atoms with Crippen LogP contribution in [-0.2, 0) is 16.7 Å². The van der Waals surface area contributed by atoms with Crippen molar-refractivity contribution < 1.29 is 31.9 Å². The predicted octanol–water partition coefficient (Wildman–Crippen LogP) is 5.15. The predicted molar refractivity (Wildman–Crippen MR) is 142 cm³/mol. The van der Waals surface area contributed by atoms with Crippen LogP contribution in [0.2, 0.25) is 0 Å². The second-order valence-electron chi connectivity index (χ2n) is 8.95. The highest BCUT2D eigenvalue weighted by atomic mass is 32.2. The van der Waals surface area contributed by atoms with Crippen molar-refractivity contribution in [3.8, 4) is 17.1 Å². The van der Waals surface area contributed by atoms with E-state index in [4.69, 9.17) is 9.15 Å². The zero-order valence-corrected chi connectivity index (χ0v) is 22.7. The lowest BCUT2D eigenvalue weighted by molar-refractivity contribution is -0.137. The van der Waals surface area contributed by atoms with Gasteiger partial charge in [0, 0.05) is 31.7 Å². The minimum atomic E-state index is -4.52. The quantitative estimate of drug-likeness (QED) is 0.274. The van der Waals surface area contributed by atoms with Crippen molar-refractivity contribution in [1.29, 1.82) is 0 Å². The van der Waals surface area contributed by atoms with E-state index < -0.39 is 17.8 Å². The molecule has 1 aliphatic heterocycles. The first-order valence-electron chi connectivity index (χ1n) is 12.7. The van der Waals surface area contributed by atoms with Gasteiger partial charge >= 0.3 is 12.3 Å². The number of nitrogens with zero attached hydrogens (tertiary/aromatic N) is 6. The molecule has 0 N–H and O–H groups in total. The average molecular weight is 587 g/mol. The van der Waals surface area contributed by atoms with Gasteiger partial charge in [-0.15, -0.1) is 10.2 Å². The minimum Gasteiger partial charge on any atom is -0.450 e. The molecular weight excluding hydrogens is 561 g/mol. The smallest absolute Gasteiger partial charge is 0.416 e. The number of halogens is 3. The third-order valence-corrected chi connectivity index (χ3v) is 7.20. The lowest BCUT2D eigenvalue weighted by atomic mass is 10.1. The average Bonchev–Trinajstić information content (AvgIpc) is 3.63. The summed E-state index contributed by atoms with van der Waals surface area (Å²) in [5.74, 6) is 0.434. The molecule has 4 aromatic rings.